The molecule has 4 rings (SSSR count). The summed E-state index contributed by atoms with van der Waals surface area (Å²) in [5.41, 5.74) is 2.34. The molecule has 28 heavy (non-hydrogen) atoms. The SMILES string of the molecule is COc1c(C(=O)NCc2ccc(N3CCCCC3)cc2)sc2ccc(Cl)cc12. The van der Waals surface area contributed by atoms with Gasteiger partial charge in [-0.3, -0.25) is 4.79 Å². The molecule has 0 spiro atoms. The molecular weight excluding hydrogens is 392 g/mol. The summed E-state index contributed by atoms with van der Waals surface area (Å²) in [4.78, 5) is 15.7. The van der Waals surface area contributed by atoms with Gasteiger partial charge in [0.1, 0.15) is 10.6 Å². The van der Waals surface area contributed by atoms with Gasteiger partial charge in [-0.2, -0.15) is 0 Å². The largest absolute Gasteiger partial charge is 0.494 e. The van der Waals surface area contributed by atoms with Crippen molar-refractivity contribution in [3.05, 3.63) is 57.9 Å². The van der Waals surface area contributed by atoms with Gasteiger partial charge in [0.05, 0.1) is 7.11 Å². The number of rotatable bonds is 5. The van der Waals surface area contributed by atoms with Crippen molar-refractivity contribution < 1.29 is 9.53 Å². The fourth-order valence-corrected chi connectivity index (χ4v) is 4.88. The third-order valence-corrected chi connectivity index (χ3v) is 6.51. The lowest BCUT2D eigenvalue weighted by molar-refractivity contribution is 0.0952. The van der Waals surface area contributed by atoms with Gasteiger partial charge in [0.25, 0.3) is 5.91 Å². The molecule has 0 unspecified atom stereocenters. The summed E-state index contributed by atoms with van der Waals surface area (Å²) >= 11 is 7.51. The maximum Gasteiger partial charge on any atom is 0.265 e. The van der Waals surface area contributed by atoms with Crippen LogP contribution in [-0.4, -0.2) is 26.1 Å². The molecule has 0 atom stereocenters. The van der Waals surface area contributed by atoms with Crippen molar-refractivity contribution >= 4 is 44.6 Å². The fourth-order valence-electron chi connectivity index (χ4n) is 3.64. The molecule has 4 nitrogen and oxygen atoms in total. The molecule has 1 amide bonds. The van der Waals surface area contributed by atoms with Crippen LogP contribution in [0.2, 0.25) is 5.02 Å². The van der Waals surface area contributed by atoms with Crippen molar-refractivity contribution in [2.45, 2.75) is 25.8 Å². The Kier molecular flexibility index (Phi) is 5.74. The smallest absolute Gasteiger partial charge is 0.265 e. The normalized spacial score (nSPS) is 14.3. The van der Waals surface area contributed by atoms with E-state index in [1.54, 1.807) is 7.11 Å². The third kappa shape index (κ3) is 3.96. The zero-order valence-corrected chi connectivity index (χ0v) is 17.4. The first kappa shape index (κ1) is 19.1. The van der Waals surface area contributed by atoms with Crippen LogP contribution in [0.4, 0.5) is 5.69 Å². The van der Waals surface area contributed by atoms with Gasteiger partial charge in [0.2, 0.25) is 0 Å². The van der Waals surface area contributed by atoms with Crippen molar-refractivity contribution in [2.24, 2.45) is 0 Å². The molecule has 2 heterocycles. The van der Waals surface area contributed by atoms with E-state index in [4.69, 9.17) is 16.3 Å². The fraction of sp³-hybridized carbons (Fsp3) is 0.318. The van der Waals surface area contributed by atoms with Crippen LogP contribution in [-0.2, 0) is 6.54 Å². The minimum atomic E-state index is -0.130. The highest BCUT2D eigenvalue weighted by molar-refractivity contribution is 7.21. The molecule has 3 aromatic rings. The number of hydrogen-bond acceptors (Lipinski definition) is 4. The van der Waals surface area contributed by atoms with Gasteiger partial charge in [-0.1, -0.05) is 23.7 Å². The Morgan fingerprint density at radius 2 is 1.89 bits per heavy atom. The highest BCUT2D eigenvalue weighted by Gasteiger charge is 2.19. The molecule has 0 bridgehead atoms. The van der Waals surface area contributed by atoms with E-state index < -0.39 is 0 Å². The number of nitrogens with zero attached hydrogens (tertiary/aromatic N) is 1. The van der Waals surface area contributed by atoms with E-state index in [1.165, 1.54) is 36.3 Å². The summed E-state index contributed by atoms with van der Waals surface area (Å²) in [6.07, 6.45) is 3.86. The van der Waals surface area contributed by atoms with Crippen LogP contribution < -0.4 is 15.0 Å². The van der Waals surface area contributed by atoms with Gasteiger partial charge < -0.3 is 15.0 Å². The summed E-state index contributed by atoms with van der Waals surface area (Å²) in [6, 6.07) is 14.1. The number of methoxy groups -OCH3 is 1. The van der Waals surface area contributed by atoms with Gasteiger partial charge >= 0.3 is 0 Å². The highest BCUT2D eigenvalue weighted by Crippen LogP contribution is 2.38. The number of anilines is 1. The van der Waals surface area contributed by atoms with E-state index in [0.29, 0.717) is 22.2 Å². The molecular formula is C22H23ClN2O2S. The zero-order valence-electron chi connectivity index (χ0n) is 15.8. The second-order valence-electron chi connectivity index (χ2n) is 7.00. The van der Waals surface area contributed by atoms with Crippen LogP contribution in [0.3, 0.4) is 0 Å². The molecule has 2 aromatic carbocycles. The molecule has 1 saturated heterocycles. The van der Waals surface area contributed by atoms with Crippen molar-refractivity contribution in [3.63, 3.8) is 0 Å². The minimum Gasteiger partial charge on any atom is -0.494 e. The lowest BCUT2D eigenvalue weighted by Gasteiger charge is -2.28. The Morgan fingerprint density at radius 1 is 1.14 bits per heavy atom. The number of piperidine rings is 1. The monoisotopic (exact) mass is 414 g/mol. The first-order valence-electron chi connectivity index (χ1n) is 9.54. The molecule has 1 aliphatic rings. The second-order valence-corrected chi connectivity index (χ2v) is 8.49. The van der Waals surface area contributed by atoms with Crippen LogP contribution in [0, 0.1) is 0 Å². The van der Waals surface area contributed by atoms with Crippen LogP contribution in [0.25, 0.3) is 10.1 Å². The lowest BCUT2D eigenvalue weighted by atomic mass is 10.1. The summed E-state index contributed by atoms with van der Waals surface area (Å²) in [5, 5.41) is 4.51. The van der Waals surface area contributed by atoms with Crippen LogP contribution >= 0.6 is 22.9 Å². The Balaban J connectivity index is 1.45. The Labute approximate surface area is 174 Å². The van der Waals surface area contributed by atoms with Crippen molar-refractivity contribution in [1.82, 2.24) is 5.32 Å². The lowest BCUT2D eigenvalue weighted by Crippen LogP contribution is -2.29. The van der Waals surface area contributed by atoms with E-state index in [1.807, 2.05) is 18.2 Å². The average molecular weight is 415 g/mol. The summed E-state index contributed by atoms with van der Waals surface area (Å²) < 4.78 is 6.48. The van der Waals surface area contributed by atoms with Gasteiger partial charge in [-0.15, -0.1) is 11.3 Å². The van der Waals surface area contributed by atoms with Crippen LogP contribution in [0.5, 0.6) is 5.75 Å². The minimum absolute atomic E-state index is 0.130. The molecule has 1 aromatic heterocycles. The quantitative estimate of drug-likeness (QED) is 0.600. The number of amides is 1. The van der Waals surface area contributed by atoms with E-state index in [-0.39, 0.29) is 5.91 Å². The highest BCUT2D eigenvalue weighted by atomic mass is 35.5. The maximum absolute atomic E-state index is 12.7. The van der Waals surface area contributed by atoms with Crippen LogP contribution in [0.1, 0.15) is 34.5 Å². The molecule has 0 saturated carbocycles. The van der Waals surface area contributed by atoms with Crippen LogP contribution in [0.15, 0.2) is 42.5 Å². The number of ether oxygens (including phenoxy) is 1. The Hall–Kier alpha value is -2.24. The van der Waals surface area contributed by atoms with Gasteiger partial charge in [-0.25, -0.2) is 0 Å². The molecule has 6 heteroatoms. The molecule has 146 valence electrons. The summed E-state index contributed by atoms with van der Waals surface area (Å²) in [5.74, 6) is 0.453. The van der Waals surface area contributed by atoms with E-state index in [9.17, 15) is 4.79 Å². The molecule has 0 aliphatic carbocycles. The summed E-state index contributed by atoms with van der Waals surface area (Å²) in [6.45, 7) is 2.74. The number of carbonyl (C=O) groups excluding carboxylic acids is 1. The van der Waals surface area contributed by atoms with Gasteiger partial charge in [0.15, 0.2) is 0 Å². The van der Waals surface area contributed by atoms with E-state index >= 15 is 0 Å². The number of thiophene rings is 1. The number of hydrogen-bond donors (Lipinski definition) is 1. The number of carbonyl (C=O) groups is 1. The number of halogens is 1. The summed E-state index contributed by atoms with van der Waals surface area (Å²) in [7, 11) is 1.58. The first-order valence-corrected chi connectivity index (χ1v) is 10.7. The predicted molar refractivity (Wildman–Crippen MR) is 117 cm³/mol. The number of nitrogens with one attached hydrogen (secondary N) is 1. The van der Waals surface area contributed by atoms with Gasteiger partial charge in [-0.05, 0) is 55.2 Å². The number of benzene rings is 2. The second kappa shape index (κ2) is 8.41. The van der Waals surface area contributed by atoms with Crippen molar-refractivity contribution in [3.8, 4) is 5.75 Å². The predicted octanol–water partition coefficient (Wildman–Crippen LogP) is 5.48. The van der Waals surface area contributed by atoms with E-state index in [2.05, 4.69) is 34.5 Å². The maximum atomic E-state index is 12.7. The zero-order chi connectivity index (χ0) is 19.5. The first-order chi connectivity index (χ1) is 13.7. The molecule has 1 fully saturated rings. The van der Waals surface area contributed by atoms with Gasteiger partial charge in [0, 0.05) is 40.4 Å². The molecule has 1 N–H and O–H groups in total. The topological polar surface area (TPSA) is 41.6 Å². The molecule has 0 radical (unpaired) electrons. The van der Waals surface area contributed by atoms with Crippen molar-refractivity contribution in [1.29, 1.82) is 0 Å². The third-order valence-electron chi connectivity index (χ3n) is 5.13. The van der Waals surface area contributed by atoms with Crippen molar-refractivity contribution in [2.75, 3.05) is 25.1 Å². The Bertz CT molecular complexity index is 978. The van der Waals surface area contributed by atoms with E-state index in [0.717, 1.165) is 28.7 Å². The standard InChI is InChI=1S/C22H23ClN2O2S/c1-27-20-18-13-16(23)7-10-19(18)28-21(20)22(26)24-14-15-5-8-17(9-6-15)25-11-3-2-4-12-25/h5-10,13H,2-4,11-12,14H2,1H3,(H,24,26). The Morgan fingerprint density at radius 3 is 2.61 bits per heavy atom. The average Bonchev–Trinajstić information content (AvgIpc) is 3.11. The molecule has 1 aliphatic heterocycles. The number of fused-ring (bicyclic) bond motifs is 1.